The minimum Gasteiger partial charge on any atom is -0.376 e. The molecule has 1 fully saturated rings. The Bertz CT molecular complexity index is 476. The van der Waals surface area contributed by atoms with Crippen molar-refractivity contribution in [3.63, 3.8) is 0 Å². The van der Waals surface area contributed by atoms with Gasteiger partial charge in [0.2, 0.25) is 0 Å². The van der Waals surface area contributed by atoms with E-state index in [0.717, 1.165) is 54.7 Å². The number of hydrogen-bond acceptors (Lipinski definition) is 3. The van der Waals surface area contributed by atoms with Crippen LogP contribution in [0.4, 0.5) is 5.69 Å². The SMILES string of the molecule is CCCOC1CCCN(c2ccc(C(C)=O)c(Br)c2)C1. The topological polar surface area (TPSA) is 29.5 Å². The average molecular weight is 340 g/mol. The summed E-state index contributed by atoms with van der Waals surface area (Å²) in [6.07, 6.45) is 3.69. The largest absolute Gasteiger partial charge is 0.376 e. The monoisotopic (exact) mass is 339 g/mol. The minimum atomic E-state index is 0.0891. The summed E-state index contributed by atoms with van der Waals surface area (Å²) in [5, 5.41) is 0. The number of benzene rings is 1. The van der Waals surface area contributed by atoms with E-state index >= 15 is 0 Å². The van der Waals surface area contributed by atoms with Gasteiger partial charge in [-0.2, -0.15) is 0 Å². The molecule has 1 aliphatic heterocycles. The number of anilines is 1. The number of nitrogens with zero attached hydrogens (tertiary/aromatic N) is 1. The lowest BCUT2D eigenvalue weighted by molar-refractivity contribution is 0.0440. The fourth-order valence-corrected chi connectivity index (χ4v) is 3.23. The average Bonchev–Trinajstić information content (AvgIpc) is 2.45. The Morgan fingerprint density at radius 1 is 1.50 bits per heavy atom. The highest BCUT2D eigenvalue weighted by Gasteiger charge is 2.21. The van der Waals surface area contributed by atoms with Gasteiger partial charge < -0.3 is 9.64 Å². The van der Waals surface area contributed by atoms with Crippen molar-refractivity contribution < 1.29 is 9.53 Å². The van der Waals surface area contributed by atoms with Crippen molar-refractivity contribution >= 4 is 27.4 Å². The standard InChI is InChI=1S/C16H22BrNO2/c1-3-9-20-14-5-4-8-18(11-14)13-6-7-15(12(2)19)16(17)10-13/h6-7,10,14H,3-5,8-9,11H2,1-2H3. The first-order valence-corrected chi connectivity index (χ1v) is 8.08. The van der Waals surface area contributed by atoms with Crippen molar-refractivity contribution in [3.8, 4) is 0 Å². The third-order valence-electron chi connectivity index (χ3n) is 3.63. The van der Waals surface area contributed by atoms with Crippen molar-refractivity contribution in [3.05, 3.63) is 28.2 Å². The van der Waals surface area contributed by atoms with Gasteiger partial charge in [0, 0.05) is 35.4 Å². The van der Waals surface area contributed by atoms with E-state index in [1.807, 2.05) is 18.2 Å². The quantitative estimate of drug-likeness (QED) is 0.758. The molecule has 1 aliphatic rings. The van der Waals surface area contributed by atoms with Crippen molar-refractivity contribution in [2.24, 2.45) is 0 Å². The summed E-state index contributed by atoms with van der Waals surface area (Å²) in [5.74, 6) is 0.0891. The van der Waals surface area contributed by atoms with Crippen LogP contribution in [0.15, 0.2) is 22.7 Å². The van der Waals surface area contributed by atoms with Gasteiger partial charge >= 0.3 is 0 Å². The van der Waals surface area contributed by atoms with Gasteiger partial charge in [0.1, 0.15) is 0 Å². The first-order valence-electron chi connectivity index (χ1n) is 7.29. The zero-order valence-electron chi connectivity index (χ0n) is 12.2. The highest BCUT2D eigenvalue weighted by molar-refractivity contribution is 9.10. The maximum atomic E-state index is 11.5. The van der Waals surface area contributed by atoms with Gasteiger partial charge in [-0.15, -0.1) is 0 Å². The highest BCUT2D eigenvalue weighted by Crippen LogP contribution is 2.27. The molecule has 0 aromatic heterocycles. The summed E-state index contributed by atoms with van der Waals surface area (Å²) in [5.41, 5.74) is 1.90. The zero-order chi connectivity index (χ0) is 14.5. The lowest BCUT2D eigenvalue weighted by atomic mass is 10.1. The summed E-state index contributed by atoms with van der Waals surface area (Å²) in [7, 11) is 0. The third-order valence-corrected chi connectivity index (χ3v) is 4.29. The van der Waals surface area contributed by atoms with E-state index in [2.05, 4.69) is 27.8 Å². The van der Waals surface area contributed by atoms with Gasteiger partial charge in [-0.25, -0.2) is 0 Å². The summed E-state index contributed by atoms with van der Waals surface area (Å²) < 4.78 is 6.74. The Kier molecular flexibility index (Phi) is 5.61. The first-order chi connectivity index (χ1) is 9.61. The molecule has 110 valence electrons. The fourth-order valence-electron chi connectivity index (χ4n) is 2.58. The van der Waals surface area contributed by atoms with E-state index in [1.165, 1.54) is 0 Å². The molecule has 3 nitrogen and oxygen atoms in total. The van der Waals surface area contributed by atoms with Crippen LogP contribution in [-0.2, 0) is 4.74 Å². The molecule has 0 aliphatic carbocycles. The van der Waals surface area contributed by atoms with Crippen molar-refractivity contribution in [2.45, 2.75) is 39.2 Å². The molecule has 20 heavy (non-hydrogen) atoms. The lowest BCUT2D eigenvalue weighted by Crippen LogP contribution is -2.39. The van der Waals surface area contributed by atoms with Crippen LogP contribution in [-0.4, -0.2) is 31.6 Å². The van der Waals surface area contributed by atoms with Gasteiger partial charge in [0.25, 0.3) is 0 Å². The molecule has 0 saturated carbocycles. The molecule has 1 aromatic rings. The number of piperidine rings is 1. The Hall–Kier alpha value is -0.870. The minimum absolute atomic E-state index is 0.0891. The van der Waals surface area contributed by atoms with Crippen LogP contribution in [0, 0.1) is 0 Å². The van der Waals surface area contributed by atoms with Gasteiger partial charge in [-0.05, 0) is 60.3 Å². The predicted octanol–water partition coefficient (Wildman–Crippen LogP) is 4.05. The van der Waals surface area contributed by atoms with Gasteiger partial charge in [0.05, 0.1) is 6.10 Å². The number of ether oxygens (including phenoxy) is 1. The summed E-state index contributed by atoms with van der Waals surface area (Å²) >= 11 is 3.49. The Morgan fingerprint density at radius 2 is 2.30 bits per heavy atom. The predicted molar refractivity (Wildman–Crippen MR) is 85.6 cm³/mol. The number of ketones is 1. The second-order valence-corrected chi connectivity index (χ2v) is 6.16. The van der Waals surface area contributed by atoms with Crippen molar-refractivity contribution in [1.29, 1.82) is 0 Å². The summed E-state index contributed by atoms with van der Waals surface area (Å²) in [6, 6.07) is 5.97. The first kappa shape index (κ1) is 15.5. The second-order valence-electron chi connectivity index (χ2n) is 5.30. The van der Waals surface area contributed by atoms with Crippen LogP contribution >= 0.6 is 15.9 Å². The summed E-state index contributed by atoms with van der Waals surface area (Å²) in [4.78, 5) is 13.8. The van der Waals surface area contributed by atoms with Gasteiger partial charge in [-0.3, -0.25) is 4.79 Å². The lowest BCUT2D eigenvalue weighted by Gasteiger charge is -2.34. The van der Waals surface area contributed by atoms with Crippen LogP contribution in [0.3, 0.4) is 0 Å². The van der Waals surface area contributed by atoms with Crippen LogP contribution in [0.2, 0.25) is 0 Å². The number of rotatable bonds is 5. The smallest absolute Gasteiger partial charge is 0.160 e. The molecule has 2 rings (SSSR count). The van der Waals surface area contributed by atoms with E-state index in [0.29, 0.717) is 6.10 Å². The second kappa shape index (κ2) is 7.23. The Balaban J connectivity index is 2.07. The maximum absolute atomic E-state index is 11.5. The zero-order valence-corrected chi connectivity index (χ0v) is 13.8. The van der Waals surface area contributed by atoms with E-state index in [9.17, 15) is 4.79 Å². The Labute approximate surface area is 129 Å². The van der Waals surface area contributed by atoms with Crippen molar-refractivity contribution in [1.82, 2.24) is 0 Å². The molecule has 0 radical (unpaired) electrons. The molecule has 0 amide bonds. The number of Topliss-reactive ketones (excluding diaryl/α,β-unsaturated/α-hetero) is 1. The van der Waals surface area contributed by atoms with E-state index in [-0.39, 0.29) is 5.78 Å². The molecule has 1 unspecified atom stereocenters. The highest BCUT2D eigenvalue weighted by atomic mass is 79.9. The van der Waals surface area contributed by atoms with Crippen LogP contribution < -0.4 is 4.90 Å². The maximum Gasteiger partial charge on any atom is 0.160 e. The van der Waals surface area contributed by atoms with E-state index in [1.54, 1.807) is 6.92 Å². The Morgan fingerprint density at radius 3 is 2.95 bits per heavy atom. The molecule has 1 heterocycles. The summed E-state index contributed by atoms with van der Waals surface area (Å²) in [6.45, 7) is 6.56. The van der Waals surface area contributed by atoms with Crippen LogP contribution in [0.25, 0.3) is 0 Å². The number of hydrogen-bond donors (Lipinski definition) is 0. The molecule has 4 heteroatoms. The fraction of sp³-hybridized carbons (Fsp3) is 0.562. The molecule has 1 saturated heterocycles. The molecular weight excluding hydrogens is 318 g/mol. The van der Waals surface area contributed by atoms with Gasteiger partial charge in [0.15, 0.2) is 5.78 Å². The third kappa shape index (κ3) is 3.83. The van der Waals surface area contributed by atoms with Crippen molar-refractivity contribution in [2.75, 3.05) is 24.6 Å². The van der Waals surface area contributed by atoms with E-state index in [4.69, 9.17) is 4.74 Å². The van der Waals surface area contributed by atoms with E-state index < -0.39 is 0 Å². The molecule has 0 spiro atoms. The van der Waals surface area contributed by atoms with Gasteiger partial charge in [-0.1, -0.05) is 6.92 Å². The van der Waals surface area contributed by atoms with Crippen LogP contribution in [0.1, 0.15) is 43.5 Å². The number of carbonyl (C=O) groups excluding carboxylic acids is 1. The molecule has 0 N–H and O–H groups in total. The molecular formula is C16H22BrNO2. The number of halogens is 1. The molecule has 1 atom stereocenters. The number of carbonyl (C=O) groups is 1. The molecule has 1 aromatic carbocycles. The normalized spacial score (nSPS) is 19.1. The van der Waals surface area contributed by atoms with Crippen LogP contribution in [0.5, 0.6) is 0 Å². The molecule has 0 bridgehead atoms.